The molecule has 22 heavy (non-hydrogen) atoms. The first-order valence-electron chi connectivity index (χ1n) is 7.35. The van der Waals surface area contributed by atoms with Crippen molar-refractivity contribution in [3.8, 4) is 0 Å². The normalized spacial score (nSPS) is 13.1. The average Bonchev–Trinajstić information content (AvgIpc) is 2.50. The maximum Gasteiger partial charge on any atom is 0.374 e. The number of hydrogen-bond donors (Lipinski definition) is 6. The summed E-state index contributed by atoms with van der Waals surface area (Å²) in [4.78, 5) is 11.9. The smallest absolute Gasteiger partial charge is 0.374 e. The fraction of sp³-hybridized carbons (Fsp3) is 0.769. The first-order chi connectivity index (χ1) is 10.4. The van der Waals surface area contributed by atoms with Crippen LogP contribution in [0.15, 0.2) is 12.0 Å². The number of esters is 1. The Balaban J connectivity index is 4.25. The van der Waals surface area contributed by atoms with Crippen LogP contribution in [0.25, 0.3) is 0 Å². The Morgan fingerprint density at radius 3 is 2.45 bits per heavy atom. The molecule has 0 fully saturated rings. The molecule has 0 aromatic carbocycles. The summed E-state index contributed by atoms with van der Waals surface area (Å²) in [5.74, 6) is -0.617. The maximum atomic E-state index is 11.9. The standard InChI is InChI=1S/C13H27BN2O6/c1-10(7-17)15-6-4-3-5-12(16-14(2)21)13(20)22-11(8-18)9-19/h7,11-12,15-19,21H,3-6,8-9H2,1-2H3/b10-7-/t12-/m1/s1. The number of carbonyl (C=O) groups excluding carboxylic acids is 1. The zero-order valence-corrected chi connectivity index (χ0v) is 13.2. The number of nitrogens with one attached hydrogen (secondary N) is 2. The molecule has 0 amide bonds. The second kappa shape index (κ2) is 12.3. The van der Waals surface area contributed by atoms with Crippen LogP contribution in [-0.2, 0) is 9.53 Å². The number of carbonyl (C=O) groups is 1. The van der Waals surface area contributed by atoms with E-state index >= 15 is 0 Å². The van der Waals surface area contributed by atoms with Crippen LogP contribution in [0.3, 0.4) is 0 Å². The van der Waals surface area contributed by atoms with Gasteiger partial charge in [0, 0.05) is 12.2 Å². The molecule has 9 heteroatoms. The van der Waals surface area contributed by atoms with Gasteiger partial charge in [-0.25, -0.2) is 0 Å². The number of allylic oxidation sites excluding steroid dienone is 1. The molecule has 0 heterocycles. The van der Waals surface area contributed by atoms with Gasteiger partial charge in [-0.15, -0.1) is 0 Å². The predicted octanol–water partition coefficient (Wildman–Crippen LogP) is -0.869. The zero-order valence-electron chi connectivity index (χ0n) is 13.2. The molecule has 0 spiro atoms. The lowest BCUT2D eigenvalue weighted by Crippen LogP contribution is -2.47. The summed E-state index contributed by atoms with van der Waals surface area (Å²) in [7, 11) is -0.878. The van der Waals surface area contributed by atoms with E-state index in [1.54, 1.807) is 6.92 Å². The second-order valence-corrected chi connectivity index (χ2v) is 5.05. The van der Waals surface area contributed by atoms with Gasteiger partial charge in [-0.2, -0.15) is 0 Å². The second-order valence-electron chi connectivity index (χ2n) is 5.05. The van der Waals surface area contributed by atoms with Crippen LogP contribution in [0, 0.1) is 0 Å². The van der Waals surface area contributed by atoms with Crippen molar-refractivity contribution >= 4 is 13.0 Å². The Hall–Kier alpha value is -1.29. The number of hydrogen-bond acceptors (Lipinski definition) is 8. The van der Waals surface area contributed by atoms with E-state index in [9.17, 15) is 9.82 Å². The highest BCUT2D eigenvalue weighted by atomic mass is 16.6. The van der Waals surface area contributed by atoms with Gasteiger partial charge in [0.2, 0.25) is 0 Å². The first-order valence-corrected chi connectivity index (χ1v) is 7.35. The molecule has 6 N–H and O–H groups in total. The number of aliphatic hydroxyl groups is 3. The molecule has 1 atom stereocenters. The molecule has 0 radical (unpaired) electrons. The summed E-state index contributed by atoms with van der Waals surface area (Å²) in [5.41, 5.74) is 0.659. The molecule has 0 saturated carbocycles. The van der Waals surface area contributed by atoms with E-state index in [2.05, 4.69) is 10.5 Å². The van der Waals surface area contributed by atoms with E-state index in [1.165, 1.54) is 6.82 Å². The molecular weight excluding hydrogens is 291 g/mol. The minimum absolute atomic E-state index is 0.441. The summed E-state index contributed by atoms with van der Waals surface area (Å²) in [6, 6.07) is -0.713. The Bertz CT molecular complexity index is 336. The van der Waals surface area contributed by atoms with Crippen LogP contribution in [0.4, 0.5) is 0 Å². The molecule has 0 rings (SSSR count). The van der Waals surface area contributed by atoms with Crippen molar-refractivity contribution < 1.29 is 29.9 Å². The third-order valence-electron chi connectivity index (χ3n) is 2.93. The molecular formula is C13H27BN2O6. The topological polar surface area (TPSA) is 131 Å². The number of aliphatic hydroxyl groups excluding tert-OH is 3. The van der Waals surface area contributed by atoms with Crippen molar-refractivity contribution in [1.82, 2.24) is 10.5 Å². The van der Waals surface area contributed by atoms with E-state index in [1.807, 2.05) is 0 Å². The lowest BCUT2D eigenvalue weighted by Gasteiger charge is -2.21. The van der Waals surface area contributed by atoms with Crippen LogP contribution in [0.5, 0.6) is 0 Å². The van der Waals surface area contributed by atoms with E-state index in [0.29, 0.717) is 25.1 Å². The van der Waals surface area contributed by atoms with Gasteiger partial charge in [0.25, 0.3) is 0 Å². The molecule has 0 aliphatic heterocycles. The third-order valence-corrected chi connectivity index (χ3v) is 2.93. The van der Waals surface area contributed by atoms with Gasteiger partial charge >= 0.3 is 13.0 Å². The molecule has 0 aromatic heterocycles. The van der Waals surface area contributed by atoms with Gasteiger partial charge in [0.05, 0.1) is 25.5 Å². The highest BCUT2D eigenvalue weighted by Crippen LogP contribution is 2.05. The van der Waals surface area contributed by atoms with E-state index in [-0.39, 0.29) is 0 Å². The van der Waals surface area contributed by atoms with Gasteiger partial charge in [0.15, 0.2) is 0 Å². The third kappa shape index (κ3) is 9.61. The molecule has 128 valence electrons. The molecule has 0 saturated heterocycles. The summed E-state index contributed by atoms with van der Waals surface area (Å²) in [5, 5.41) is 41.6. The van der Waals surface area contributed by atoms with Crippen molar-refractivity contribution in [1.29, 1.82) is 0 Å². The largest absolute Gasteiger partial charge is 0.514 e. The monoisotopic (exact) mass is 318 g/mol. The van der Waals surface area contributed by atoms with Gasteiger partial charge in [-0.3, -0.25) is 4.79 Å². The van der Waals surface area contributed by atoms with Crippen LogP contribution in [-0.4, -0.2) is 65.3 Å². The van der Waals surface area contributed by atoms with Gasteiger partial charge in [-0.1, -0.05) is 0 Å². The minimum Gasteiger partial charge on any atom is -0.514 e. The lowest BCUT2D eigenvalue weighted by molar-refractivity contribution is -0.155. The molecule has 8 nitrogen and oxygen atoms in total. The fourth-order valence-corrected chi connectivity index (χ4v) is 1.74. The minimum atomic E-state index is -0.954. The van der Waals surface area contributed by atoms with Crippen LogP contribution in [0.1, 0.15) is 26.2 Å². The Morgan fingerprint density at radius 2 is 1.95 bits per heavy atom. The predicted molar refractivity (Wildman–Crippen MR) is 83.1 cm³/mol. The van der Waals surface area contributed by atoms with Gasteiger partial charge in [-0.05, 0) is 33.0 Å². The van der Waals surface area contributed by atoms with E-state index in [4.69, 9.17) is 20.1 Å². The van der Waals surface area contributed by atoms with Crippen molar-refractivity contribution in [2.75, 3.05) is 19.8 Å². The fourth-order valence-electron chi connectivity index (χ4n) is 1.74. The van der Waals surface area contributed by atoms with E-state index < -0.39 is 38.4 Å². The quantitative estimate of drug-likeness (QED) is 0.118. The highest BCUT2D eigenvalue weighted by molar-refractivity contribution is 6.46. The number of unbranched alkanes of at least 4 members (excludes halogenated alkanes) is 1. The van der Waals surface area contributed by atoms with Gasteiger partial charge in [0.1, 0.15) is 6.10 Å². The Kier molecular flexibility index (Phi) is 11.6. The number of rotatable bonds is 12. The maximum absolute atomic E-state index is 11.9. The summed E-state index contributed by atoms with van der Waals surface area (Å²) < 4.78 is 4.95. The molecule has 0 aromatic rings. The van der Waals surface area contributed by atoms with Crippen LogP contribution in [0.2, 0.25) is 6.82 Å². The molecule has 0 unspecified atom stereocenters. The van der Waals surface area contributed by atoms with Crippen molar-refractivity contribution in [2.24, 2.45) is 0 Å². The van der Waals surface area contributed by atoms with Gasteiger partial charge < -0.3 is 35.6 Å². The lowest BCUT2D eigenvalue weighted by atomic mass is 9.86. The summed E-state index contributed by atoms with van der Waals surface area (Å²) in [6.45, 7) is 2.96. The Morgan fingerprint density at radius 1 is 1.32 bits per heavy atom. The summed E-state index contributed by atoms with van der Waals surface area (Å²) >= 11 is 0. The highest BCUT2D eigenvalue weighted by Gasteiger charge is 2.24. The zero-order chi connectivity index (χ0) is 17.0. The SMILES string of the molecule is CB(O)N[C@H](CCCCN/C(C)=C\O)C(=O)OC(CO)CO. The molecule has 0 aliphatic rings. The van der Waals surface area contributed by atoms with Crippen molar-refractivity contribution in [3.63, 3.8) is 0 Å². The summed E-state index contributed by atoms with van der Waals surface area (Å²) in [6.07, 6.45) is 1.93. The van der Waals surface area contributed by atoms with Crippen molar-refractivity contribution in [3.05, 3.63) is 12.0 Å². The van der Waals surface area contributed by atoms with Crippen LogP contribution >= 0.6 is 0 Å². The first kappa shape index (κ1) is 20.7. The van der Waals surface area contributed by atoms with Crippen LogP contribution < -0.4 is 10.5 Å². The number of ether oxygens (including phenoxy) is 1. The Labute approximate surface area is 131 Å². The average molecular weight is 318 g/mol. The van der Waals surface area contributed by atoms with E-state index in [0.717, 1.165) is 12.7 Å². The molecule has 0 bridgehead atoms. The molecule has 0 aliphatic carbocycles. The van der Waals surface area contributed by atoms with Crippen molar-refractivity contribution in [2.45, 2.75) is 45.2 Å².